The Kier molecular flexibility index (Phi) is 3.62. The maximum Gasteiger partial charge on any atom is 0.328 e. The average Bonchev–Trinajstić information content (AvgIpc) is 2.37. The molecule has 4 nitrogen and oxygen atoms in total. The van der Waals surface area contributed by atoms with Crippen molar-refractivity contribution >= 4 is 38.9 Å². The number of benzene rings is 1. The summed E-state index contributed by atoms with van der Waals surface area (Å²) in [4.78, 5) is 14.8. The molecule has 0 unspecified atom stereocenters. The standard InChI is InChI=1S/C13H10BrNO3/c1-18-11-6-5-10-9(13(11)14)4-2-8(15-10)3-7-12(16)17/h2-7H,1H3,(H,16,17)/b7-3+. The van der Waals surface area contributed by atoms with Crippen molar-refractivity contribution in [3.63, 3.8) is 0 Å². The summed E-state index contributed by atoms with van der Waals surface area (Å²) in [6.07, 6.45) is 2.52. The van der Waals surface area contributed by atoms with Crippen LogP contribution in [0.5, 0.6) is 5.75 Å². The van der Waals surface area contributed by atoms with Gasteiger partial charge in [0.2, 0.25) is 0 Å². The average molecular weight is 308 g/mol. The number of carbonyl (C=O) groups is 1. The first kappa shape index (κ1) is 12.6. The molecule has 1 heterocycles. The van der Waals surface area contributed by atoms with Gasteiger partial charge in [-0.3, -0.25) is 0 Å². The minimum atomic E-state index is -0.993. The van der Waals surface area contributed by atoms with Crippen LogP contribution in [-0.2, 0) is 4.79 Å². The minimum absolute atomic E-state index is 0.599. The van der Waals surface area contributed by atoms with Gasteiger partial charge in [0.05, 0.1) is 22.8 Å². The van der Waals surface area contributed by atoms with E-state index in [4.69, 9.17) is 9.84 Å². The smallest absolute Gasteiger partial charge is 0.328 e. The highest BCUT2D eigenvalue weighted by molar-refractivity contribution is 9.10. The van der Waals surface area contributed by atoms with E-state index in [1.165, 1.54) is 6.08 Å². The van der Waals surface area contributed by atoms with E-state index in [1.807, 2.05) is 18.2 Å². The van der Waals surface area contributed by atoms with Crippen molar-refractivity contribution in [1.29, 1.82) is 0 Å². The maximum absolute atomic E-state index is 10.4. The molecule has 0 aliphatic rings. The van der Waals surface area contributed by atoms with Crippen molar-refractivity contribution in [2.45, 2.75) is 0 Å². The number of rotatable bonds is 3. The molecule has 1 aromatic carbocycles. The van der Waals surface area contributed by atoms with Gasteiger partial charge in [-0.15, -0.1) is 0 Å². The molecule has 1 aromatic heterocycles. The number of ether oxygens (including phenoxy) is 1. The molecular formula is C13H10BrNO3. The number of carboxylic acid groups (broad SMARTS) is 1. The predicted octanol–water partition coefficient (Wildman–Crippen LogP) is 3.10. The summed E-state index contributed by atoms with van der Waals surface area (Å²) in [5.41, 5.74) is 1.37. The van der Waals surface area contributed by atoms with Crippen LogP contribution in [0.25, 0.3) is 17.0 Å². The first-order valence-electron chi connectivity index (χ1n) is 5.16. The number of fused-ring (bicyclic) bond motifs is 1. The second kappa shape index (κ2) is 5.18. The molecule has 92 valence electrons. The SMILES string of the molecule is COc1ccc2nc(/C=C/C(=O)O)ccc2c1Br. The zero-order valence-electron chi connectivity index (χ0n) is 9.55. The molecule has 2 rings (SSSR count). The molecule has 0 atom stereocenters. The number of methoxy groups -OCH3 is 1. The number of aromatic nitrogens is 1. The third-order valence-electron chi connectivity index (χ3n) is 2.41. The van der Waals surface area contributed by atoms with Gasteiger partial charge in [-0.25, -0.2) is 9.78 Å². The highest BCUT2D eigenvalue weighted by Crippen LogP contribution is 2.32. The van der Waals surface area contributed by atoms with Crippen LogP contribution >= 0.6 is 15.9 Å². The minimum Gasteiger partial charge on any atom is -0.496 e. The maximum atomic E-state index is 10.4. The highest BCUT2D eigenvalue weighted by atomic mass is 79.9. The molecular weight excluding hydrogens is 298 g/mol. The van der Waals surface area contributed by atoms with Gasteiger partial charge in [0.25, 0.3) is 0 Å². The lowest BCUT2D eigenvalue weighted by molar-refractivity contribution is -0.131. The van der Waals surface area contributed by atoms with E-state index in [0.717, 1.165) is 27.2 Å². The monoisotopic (exact) mass is 307 g/mol. The Morgan fingerprint density at radius 1 is 1.39 bits per heavy atom. The second-order valence-electron chi connectivity index (χ2n) is 3.56. The first-order chi connectivity index (χ1) is 8.61. The van der Waals surface area contributed by atoms with Crippen LogP contribution in [0.2, 0.25) is 0 Å². The lowest BCUT2D eigenvalue weighted by Gasteiger charge is -2.06. The molecule has 0 aliphatic carbocycles. The van der Waals surface area contributed by atoms with E-state index in [2.05, 4.69) is 20.9 Å². The van der Waals surface area contributed by atoms with Crippen LogP contribution in [0.1, 0.15) is 5.69 Å². The largest absolute Gasteiger partial charge is 0.496 e. The summed E-state index contributed by atoms with van der Waals surface area (Å²) in [6, 6.07) is 7.27. The summed E-state index contributed by atoms with van der Waals surface area (Å²) in [5.74, 6) is -0.258. The van der Waals surface area contributed by atoms with Crippen LogP contribution in [0, 0.1) is 0 Å². The van der Waals surface area contributed by atoms with Crippen molar-refractivity contribution in [1.82, 2.24) is 4.98 Å². The van der Waals surface area contributed by atoms with Crippen LogP contribution in [0.4, 0.5) is 0 Å². The van der Waals surface area contributed by atoms with E-state index in [1.54, 1.807) is 13.2 Å². The van der Waals surface area contributed by atoms with Gasteiger partial charge in [-0.05, 0) is 46.3 Å². The third kappa shape index (κ3) is 2.51. The molecule has 0 saturated heterocycles. The fourth-order valence-electron chi connectivity index (χ4n) is 1.57. The van der Waals surface area contributed by atoms with Crippen molar-refractivity contribution in [3.05, 3.63) is 40.5 Å². The zero-order valence-corrected chi connectivity index (χ0v) is 11.1. The topological polar surface area (TPSA) is 59.4 Å². The molecule has 0 radical (unpaired) electrons. The number of hydrogen-bond acceptors (Lipinski definition) is 3. The van der Waals surface area contributed by atoms with Crippen LogP contribution in [-0.4, -0.2) is 23.2 Å². The molecule has 0 bridgehead atoms. The lowest BCUT2D eigenvalue weighted by atomic mass is 10.2. The van der Waals surface area contributed by atoms with Gasteiger partial charge in [-0.1, -0.05) is 0 Å². The molecule has 2 aromatic rings. The Labute approximate surface area is 112 Å². The number of nitrogens with zero attached hydrogens (tertiary/aromatic N) is 1. The van der Waals surface area contributed by atoms with E-state index in [0.29, 0.717) is 5.69 Å². The summed E-state index contributed by atoms with van der Waals surface area (Å²) < 4.78 is 6.03. The molecule has 0 amide bonds. The van der Waals surface area contributed by atoms with E-state index in [9.17, 15) is 4.79 Å². The van der Waals surface area contributed by atoms with Gasteiger partial charge in [-0.2, -0.15) is 0 Å². The Bertz CT molecular complexity index is 637. The summed E-state index contributed by atoms with van der Waals surface area (Å²) in [5, 5.41) is 9.48. The quantitative estimate of drug-likeness (QED) is 0.885. The van der Waals surface area contributed by atoms with Crippen molar-refractivity contribution in [3.8, 4) is 5.75 Å². The molecule has 0 aliphatic heterocycles. The summed E-state index contributed by atoms with van der Waals surface area (Å²) in [7, 11) is 1.60. The number of hydrogen-bond donors (Lipinski definition) is 1. The van der Waals surface area contributed by atoms with Gasteiger partial charge < -0.3 is 9.84 Å². The molecule has 0 fully saturated rings. The summed E-state index contributed by atoms with van der Waals surface area (Å²) >= 11 is 3.45. The van der Waals surface area contributed by atoms with E-state index in [-0.39, 0.29) is 0 Å². The normalized spacial score (nSPS) is 11.0. The second-order valence-corrected chi connectivity index (χ2v) is 4.35. The van der Waals surface area contributed by atoms with Crippen molar-refractivity contribution < 1.29 is 14.6 Å². The molecule has 5 heteroatoms. The Morgan fingerprint density at radius 3 is 2.83 bits per heavy atom. The van der Waals surface area contributed by atoms with Gasteiger partial charge in [0.1, 0.15) is 5.75 Å². The van der Waals surface area contributed by atoms with Gasteiger partial charge in [0.15, 0.2) is 0 Å². The fourth-order valence-corrected chi connectivity index (χ4v) is 2.20. The highest BCUT2D eigenvalue weighted by Gasteiger charge is 2.06. The zero-order chi connectivity index (χ0) is 13.1. The Morgan fingerprint density at radius 2 is 2.17 bits per heavy atom. The van der Waals surface area contributed by atoms with Gasteiger partial charge >= 0.3 is 5.97 Å². The fraction of sp³-hybridized carbons (Fsp3) is 0.0769. The molecule has 0 saturated carbocycles. The summed E-state index contributed by atoms with van der Waals surface area (Å²) in [6.45, 7) is 0. The van der Waals surface area contributed by atoms with E-state index < -0.39 is 5.97 Å². The Hall–Kier alpha value is -1.88. The number of halogens is 1. The molecule has 0 spiro atoms. The Balaban J connectivity index is 2.50. The van der Waals surface area contributed by atoms with Crippen molar-refractivity contribution in [2.24, 2.45) is 0 Å². The number of carboxylic acids is 1. The molecule has 1 N–H and O–H groups in total. The first-order valence-corrected chi connectivity index (χ1v) is 5.95. The lowest BCUT2D eigenvalue weighted by Crippen LogP contribution is -1.90. The number of aliphatic carboxylic acids is 1. The van der Waals surface area contributed by atoms with E-state index >= 15 is 0 Å². The third-order valence-corrected chi connectivity index (χ3v) is 3.23. The van der Waals surface area contributed by atoms with Crippen LogP contribution < -0.4 is 4.74 Å². The van der Waals surface area contributed by atoms with Crippen LogP contribution in [0.15, 0.2) is 34.8 Å². The molecule has 18 heavy (non-hydrogen) atoms. The number of pyridine rings is 1. The predicted molar refractivity (Wildman–Crippen MR) is 72.7 cm³/mol. The van der Waals surface area contributed by atoms with Crippen LogP contribution in [0.3, 0.4) is 0 Å². The van der Waals surface area contributed by atoms with Crippen molar-refractivity contribution in [2.75, 3.05) is 7.11 Å². The van der Waals surface area contributed by atoms with Gasteiger partial charge in [0, 0.05) is 11.5 Å².